The highest BCUT2D eigenvalue weighted by atomic mass is 35.5. The Labute approximate surface area is 203 Å². The van der Waals surface area contributed by atoms with Gasteiger partial charge in [-0.25, -0.2) is 4.68 Å². The Morgan fingerprint density at radius 3 is 2.44 bits per heavy atom. The zero-order valence-electron chi connectivity index (χ0n) is 16.7. The van der Waals surface area contributed by atoms with Gasteiger partial charge in [0.25, 0.3) is 0 Å². The van der Waals surface area contributed by atoms with Crippen LogP contribution >= 0.6 is 46.1 Å². The average Bonchev–Trinajstić information content (AvgIpc) is 3.50. The van der Waals surface area contributed by atoms with E-state index in [-0.39, 0.29) is 0 Å². The van der Waals surface area contributed by atoms with Crippen molar-refractivity contribution in [1.82, 2.24) is 30.0 Å². The van der Waals surface area contributed by atoms with E-state index in [1.807, 2.05) is 48.7 Å². The van der Waals surface area contributed by atoms with Crippen molar-refractivity contribution < 1.29 is 0 Å². The molecular formula is C22H15Cl3N6S. The van der Waals surface area contributed by atoms with Crippen molar-refractivity contribution in [3.8, 4) is 28.5 Å². The molecule has 0 aliphatic rings. The molecule has 32 heavy (non-hydrogen) atoms. The van der Waals surface area contributed by atoms with Crippen LogP contribution in [-0.2, 0) is 6.54 Å². The number of rotatable bonds is 5. The van der Waals surface area contributed by atoms with Gasteiger partial charge in [-0.1, -0.05) is 46.9 Å². The van der Waals surface area contributed by atoms with Gasteiger partial charge in [0.15, 0.2) is 0 Å². The van der Waals surface area contributed by atoms with E-state index < -0.39 is 0 Å². The van der Waals surface area contributed by atoms with Crippen molar-refractivity contribution in [2.75, 3.05) is 0 Å². The molecule has 0 fully saturated rings. The van der Waals surface area contributed by atoms with E-state index in [1.54, 1.807) is 32.9 Å². The Morgan fingerprint density at radius 1 is 0.938 bits per heavy atom. The van der Waals surface area contributed by atoms with Crippen LogP contribution in [0.25, 0.3) is 28.5 Å². The quantitative estimate of drug-likeness (QED) is 0.273. The predicted octanol–water partition coefficient (Wildman–Crippen LogP) is 6.57. The molecule has 6 nitrogen and oxygen atoms in total. The first kappa shape index (κ1) is 21.2. The summed E-state index contributed by atoms with van der Waals surface area (Å²) in [5, 5.41) is 23.6. The van der Waals surface area contributed by atoms with Crippen LogP contribution < -0.4 is 0 Å². The molecule has 3 heterocycles. The second-order valence-electron chi connectivity index (χ2n) is 7.11. The summed E-state index contributed by atoms with van der Waals surface area (Å²) < 4.78 is 1.78. The minimum absolute atomic E-state index is 0.441. The second kappa shape index (κ2) is 8.67. The van der Waals surface area contributed by atoms with Crippen molar-refractivity contribution in [3.63, 3.8) is 0 Å². The van der Waals surface area contributed by atoms with Crippen molar-refractivity contribution in [1.29, 1.82) is 0 Å². The molecule has 160 valence electrons. The number of hydrogen-bond acceptors (Lipinski definition) is 5. The van der Waals surface area contributed by atoms with Crippen molar-refractivity contribution >= 4 is 46.1 Å². The molecule has 0 aliphatic carbocycles. The smallest absolute Gasteiger partial charge is 0.225 e. The van der Waals surface area contributed by atoms with Crippen molar-refractivity contribution in [3.05, 3.63) is 85.5 Å². The number of aromatic nitrogens is 6. The summed E-state index contributed by atoms with van der Waals surface area (Å²) in [6.45, 7) is 2.52. The zero-order valence-corrected chi connectivity index (χ0v) is 19.8. The summed E-state index contributed by atoms with van der Waals surface area (Å²) in [6, 6.07) is 14.9. The fourth-order valence-electron chi connectivity index (χ4n) is 3.43. The van der Waals surface area contributed by atoms with E-state index in [2.05, 4.69) is 20.8 Å². The molecule has 0 amide bonds. The molecule has 3 aromatic heterocycles. The Kier molecular flexibility index (Phi) is 5.73. The summed E-state index contributed by atoms with van der Waals surface area (Å²) in [5.74, 6) is 0.441. The van der Waals surface area contributed by atoms with E-state index in [4.69, 9.17) is 39.9 Å². The first-order valence-electron chi connectivity index (χ1n) is 9.60. The number of nitrogens with zero attached hydrogens (tertiary/aromatic N) is 6. The third-order valence-electron chi connectivity index (χ3n) is 4.95. The van der Waals surface area contributed by atoms with Crippen LogP contribution in [0.5, 0.6) is 0 Å². The van der Waals surface area contributed by atoms with Crippen molar-refractivity contribution in [2.45, 2.75) is 13.5 Å². The first-order valence-corrected chi connectivity index (χ1v) is 11.7. The fraction of sp³-hybridized carbons (Fsp3) is 0.0909. The Morgan fingerprint density at radius 2 is 1.72 bits per heavy atom. The lowest BCUT2D eigenvalue weighted by atomic mass is 10.1. The molecule has 0 atom stereocenters. The van der Waals surface area contributed by atoms with Gasteiger partial charge in [0.2, 0.25) is 5.82 Å². The molecule has 5 aromatic rings. The van der Waals surface area contributed by atoms with Crippen LogP contribution in [0.1, 0.15) is 11.1 Å². The maximum Gasteiger partial charge on any atom is 0.225 e. The highest BCUT2D eigenvalue weighted by Crippen LogP contribution is 2.35. The lowest BCUT2D eigenvalue weighted by molar-refractivity contribution is 0.573. The van der Waals surface area contributed by atoms with Gasteiger partial charge in [-0.05, 0) is 64.9 Å². The summed E-state index contributed by atoms with van der Waals surface area (Å²) in [7, 11) is 0. The van der Waals surface area contributed by atoms with E-state index in [9.17, 15) is 0 Å². The first-order chi connectivity index (χ1) is 15.5. The maximum absolute atomic E-state index is 6.53. The summed E-state index contributed by atoms with van der Waals surface area (Å²) in [4.78, 5) is 1.56. The molecule has 0 unspecified atom stereocenters. The van der Waals surface area contributed by atoms with Gasteiger partial charge in [-0.2, -0.15) is 21.2 Å². The fourth-order valence-corrected chi connectivity index (χ4v) is 4.71. The lowest BCUT2D eigenvalue weighted by Gasteiger charge is -2.11. The van der Waals surface area contributed by atoms with Crippen LogP contribution in [0.3, 0.4) is 0 Å². The van der Waals surface area contributed by atoms with E-state index in [0.717, 1.165) is 22.4 Å². The van der Waals surface area contributed by atoms with Crippen LogP contribution in [0.15, 0.2) is 59.3 Å². The van der Waals surface area contributed by atoms with Gasteiger partial charge in [-0.15, -0.1) is 10.2 Å². The number of benzene rings is 2. The van der Waals surface area contributed by atoms with E-state index in [1.165, 1.54) is 0 Å². The molecule has 0 saturated carbocycles. The molecule has 0 radical (unpaired) electrons. The summed E-state index contributed by atoms with van der Waals surface area (Å²) >= 11 is 20.4. The normalized spacial score (nSPS) is 11.2. The molecule has 0 bridgehead atoms. The average molecular weight is 502 g/mol. The summed E-state index contributed by atoms with van der Waals surface area (Å²) in [6.07, 6.45) is 0. The number of tetrazole rings is 1. The number of halogens is 3. The topological polar surface area (TPSA) is 61.4 Å². The molecule has 0 N–H and O–H groups in total. The van der Waals surface area contributed by atoms with Gasteiger partial charge < -0.3 is 0 Å². The minimum Gasteiger partial charge on any atom is -0.231 e. The molecule has 2 aromatic carbocycles. The Balaban J connectivity index is 1.64. The highest BCUT2D eigenvalue weighted by molar-refractivity contribution is 7.07. The SMILES string of the molecule is Cc1c(-c2nnn(Cc3ccsc3)n2)nn(-c2ccc(Cl)cc2Cl)c1-c1ccc(Cl)cc1. The van der Waals surface area contributed by atoms with Crippen LogP contribution in [-0.4, -0.2) is 30.0 Å². The lowest BCUT2D eigenvalue weighted by Crippen LogP contribution is -2.03. The van der Waals surface area contributed by atoms with Gasteiger partial charge in [-0.3, -0.25) is 0 Å². The van der Waals surface area contributed by atoms with Gasteiger partial charge >= 0.3 is 0 Å². The number of hydrogen-bond donors (Lipinski definition) is 0. The van der Waals surface area contributed by atoms with Gasteiger partial charge in [0, 0.05) is 21.2 Å². The molecule has 10 heteroatoms. The molecule has 0 spiro atoms. The monoisotopic (exact) mass is 500 g/mol. The van der Waals surface area contributed by atoms with Crippen LogP contribution in [0.2, 0.25) is 15.1 Å². The third kappa shape index (κ3) is 4.04. The van der Waals surface area contributed by atoms with Gasteiger partial charge in [0.05, 0.1) is 22.9 Å². The number of thiophene rings is 1. The van der Waals surface area contributed by atoms with E-state index >= 15 is 0 Å². The van der Waals surface area contributed by atoms with Gasteiger partial charge in [0.1, 0.15) is 5.69 Å². The van der Waals surface area contributed by atoms with Crippen LogP contribution in [0, 0.1) is 6.92 Å². The van der Waals surface area contributed by atoms with Crippen LogP contribution in [0.4, 0.5) is 0 Å². The largest absolute Gasteiger partial charge is 0.231 e. The molecular weight excluding hydrogens is 487 g/mol. The maximum atomic E-state index is 6.53. The second-order valence-corrected chi connectivity index (χ2v) is 9.17. The predicted molar refractivity (Wildman–Crippen MR) is 129 cm³/mol. The molecule has 0 aliphatic heterocycles. The van der Waals surface area contributed by atoms with Crippen molar-refractivity contribution in [2.24, 2.45) is 0 Å². The Hall–Kier alpha value is -2.71. The summed E-state index contributed by atoms with van der Waals surface area (Å²) in [5.41, 5.74) is 5.13. The standard InChI is InChI=1S/C22H15Cl3N6S/c1-13-20(22-26-29-30(28-22)11-14-8-9-32-12-14)27-31(19-7-6-17(24)10-18(19)25)21(13)15-2-4-16(23)5-3-15/h2-10,12H,11H2,1H3. The highest BCUT2D eigenvalue weighted by Gasteiger charge is 2.23. The van der Waals surface area contributed by atoms with E-state index in [0.29, 0.717) is 38.8 Å². The molecule has 5 rings (SSSR count). The zero-order chi connectivity index (χ0) is 22.2. The Bertz CT molecular complexity index is 1390. The third-order valence-corrected chi connectivity index (χ3v) is 6.47. The minimum atomic E-state index is 0.441. The molecule has 0 saturated heterocycles.